The number of hydrogen-bond donors (Lipinski definition) is 2. The number of aromatic nitrogens is 2. The van der Waals surface area contributed by atoms with E-state index in [2.05, 4.69) is 25.9 Å². The van der Waals surface area contributed by atoms with Gasteiger partial charge in [-0.2, -0.15) is 4.98 Å². The number of benzene rings is 1. The van der Waals surface area contributed by atoms with E-state index in [0.29, 0.717) is 16.0 Å². The van der Waals surface area contributed by atoms with E-state index in [-0.39, 0.29) is 5.95 Å². The second kappa shape index (κ2) is 3.86. The Morgan fingerprint density at radius 3 is 2.33 bits per heavy atom. The number of nitrogens with two attached hydrogens (primary N) is 2. The third-order valence-corrected chi connectivity index (χ3v) is 2.72. The highest BCUT2D eigenvalue weighted by atomic mass is 79.9. The number of halogens is 1. The van der Waals surface area contributed by atoms with Gasteiger partial charge in [-0.15, -0.1) is 0 Å². The van der Waals surface area contributed by atoms with Gasteiger partial charge in [0.05, 0.1) is 10.2 Å². The van der Waals surface area contributed by atoms with Gasteiger partial charge < -0.3 is 11.5 Å². The Morgan fingerprint density at radius 2 is 1.67 bits per heavy atom. The Kier molecular flexibility index (Phi) is 2.55. The molecule has 2 aromatic rings. The van der Waals surface area contributed by atoms with Gasteiger partial charge in [0.1, 0.15) is 5.82 Å². The maximum Gasteiger partial charge on any atom is 0.222 e. The lowest BCUT2D eigenvalue weighted by atomic mass is 10.1. The molecule has 0 aliphatic carbocycles. The number of rotatable bonds is 1. The zero-order chi connectivity index (χ0) is 10.8. The lowest BCUT2D eigenvalue weighted by Crippen LogP contribution is -2.02. The maximum atomic E-state index is 5.68. The molecule has 1 heterocycles. The van der Waals surface area contributed by atoms with Crippen molar-refractivity contribution >= 4 is 27.7 Å². The van der Waals surface area contributed by atoms with Crippen LogP contribution in [0.1, 0.15) is 0 Å². The van der Waals surface area contributed by atoms with Gasteiger partial charge >= 0.3 is 0 Å². The Morgan fingerprint density at radius 1 is 1.00 bits per heavy atom. The fourth-order valence-electron chi connectivity index (χ4n) is 1.27. The Labute approximate surface area is 95.5 Å². The number of nitrogen functional groups attached to an aromatic ring is 2. The highest BCUT2D eigenvalue weighted by Gasteiger charge is 2.09. The van der Waals surface area contributed by atoms with Crippen molar-refractivity contribution in [2.24, 2.45) is 0 Å². The van der Waals surface area contributed by atoms with Gasteiger partial charge in [-0.3, -0.25) is 0 Å². The Bertz CT molecular complexity index is 484. The van der Waals surface area contributed by atoms with E-state index in [1.807, 2.05) is 30.3 Å². The van der Waals surface area contributed by atoms with Crippen LogP contribution >= 0.6 is 15.9 Å². The Hall–Kier alpha value is -1.62. The molecule has 0 unspecified atom stereocenters. The van der Waals surface area contributed by atoms with Gasteiger partial charge in [-0.1, -0.05) is 30.3 Å². The first-order chi connectivity index (χ1) is 7.18. The average molecular weight is 265 g/mol. The predicted octanol–water partition coefficient (Wildman–Crippen LogP) is 2.07. The molecular weight excluding hydrogens is 256 g/mol. The van der Waals surface area contributed by atoms with Crippen molar-refractivity contribution in [1.29, 1.82) is 0 Å². The van der Waals surface area contributed by atoms with Crippen molar-refractivity contribution in [3.63, 3.8) is 0 Å². The van der Waals surface area contributed by atoms with E-state index in [1.54, 1.807) is 0 Å². The van der Waals surface area contributed by atoms with Gasteiger partial charge in [-0.25, -0.2) is 4.98 Å². The third kappa shape index (κ3) is 1.92. The van der Waals surface area contributed by atoms with Crippen molar-refractivity contribution in [3.8, 4) is 11.3 Å². The van der Waals surface area contributed by atoms with E-state index in [9.17, 15) is 0 Å². The second-order valence-corrected chi connectivity index (χ2v) is 3.79. The summed E-state index contributed by atoms with van der Waals surface area (Å²) in [6.07, 6.45) is 0. The van der Waals surface area contributed by atoms with Crippen LogP contribution in [-0.4, -0.2) is 9.97 Å². The molecule has 0 amide bonds. The fraction of sp³-hybridized carbons (Fsp3) is 0. The quantitative estimate of drug-likeness (QED) is 0.827. The molecule has 76 valence electrons. The summed E-state index contributed by atoms with van der Waals surface area (Å²) in [6, 6.07) is 9.66. The van der Waals surface area contributed by atoms with Crippen LogP contribution in [0.15, 0.2) is 34.8 Å². The summed E-state index contributed by atoms with van der Waals surface area (Å²) in [6.45, 7) is 0. The SMILES string of the molecule is Nc1nc(N)c(Br)c(-c2ccccc2)n1. The molecule has 0 fully saturated rings. The molecule has 0 aliphatic rings. The van der Waals surface area contributed by atoms with E-state index < -0.39 is 0 Å². The molecule has 15 heavy (non-hydrogen) atoms. The lowest BCUT2D eigenvalue weighted by Gasteiger charge is -2.06. The van der Waals surface area contributed by atoms with Crippen LogP contribution in [0.25, 0.3) is 11.3 Å². The standard InChI is InChI=1S/C10H9BrN4/c11-7-8(6-4-2-1-3-5-6)14-10(13)15-9(7)12/h1-5H,(H4,12,13,14,15). The summed E-state index contributed by atoms with van der Waals surface area (Å²) in [5.41, 5.74) is 12.9. The molecule has 0 aliphatic heterocycles. The average Bonchev–Trinajstić information content (AvgIpc) is 2.24. The van der Waals surface area contributed by atoms with Crippen LogP contribution < -0.4 is 11.5 Å². The number of hydrogen-bond acceptors (Lipinski definition) is 4. The van der Waals surface area contributed by atoms with Crippen molar-refractivity contribution in [3.05, 3.63) is 34.8 Å². The van der Waals surface area contributed by atoms with Crippen LogP contribution in [0.2, 0.25) is 0 Å². The molecule has 0 radical (unpaired) electrons. The van der Waals surface area contributed by atoms with Gasteiger partial charge in [0.15, 0.2) is 0 Å². The molecule has 4 N–H and O–H groups in total. The predicted molar refractivity (Wildman–Crippen MR) is 64.0 cm³/mol. The molecular formula is C10H9BrN4. The number of nitrogens with zero attached hydrogens (tertiary/aromatic N) is 2. The summed E-state index contributed by atoms with van der Waals surface area (Å²) in [5.74, 6) is 0.524. The van der Waals surface area contributed by atoms with Gasteiger partial charge in [0.2, 0.25) is 5.95 Å². The molecule has 5 heteroatoms. The summed E-state index contributed by atoms with van der Waals surface area (Å²) in [7, 11) is 0. The first kappa shape index (κ1) is 9.92. The lowest BCUT2D eigenvalue weighted by molar-refractivity contribution is 1.18. The van der Waals surface area contributed by atoms with Crippen molar-refractivity contribution in [2.75, 3.05) is 11.5 Å². The minimum Gasteiger partial charge on any atom is -0.383 e. The molecule has 0 spiro atoms. The largest absolute Gasteiger partial charge is 0.383 e. The third-order valence-electron chi connectivity index (χ3n) is 1.94. The summed E-state index contributed by atoms with van der Waals surface area (Å²) in [5, 5.41) is 0. The molecule has 0 bridgehead atoms. The molecule has 0 atom stereocenters. The monoisotopic (exact) mass is 264 g/mol. The summed E-state index contributed by atoms with van der Waals surface area (Å²) < 4.78 is 0.669. The van der Waals surface area contributed by atoms with Gasteiger partial charge in [-0.05, 0) is 15.9 Å². The van der Waals surface area contributed by atoms with Crippen LogP contribution in [0.3, 0.4) is 0 Å². The first-order valence-corrected chi connectivity index (χ1v) is 5.11. The highest BCUT2D eigenvalue weighted by Crippen LogP contribution is 2.30. The maximum absolute atomic E-state index is 5.68. The van der Waals surface area contributed by atoms with Crippen molar-refractivity contribution < 1.29 is 0 Å². The molecule has 4 nitrogen and oxygen atoms in total. The van der Waals surface area contributed by atoms with Crippen molar-refractivity contribution in [2.45, 2.75) is 0 Å². The number of anilines is 2. The van der Waals surface area contributed by atoms with E-state index >= 15 is 0 Å². The van der Waals surface area contributed by atoms with Crippen LogP contribution in [0.5, 0.6) is 0 Å². The molecule has 1 aromatic carbocycles. The second-order valence-electron chi connectivity index (χ2n) is 3.00. The van der Waals surface area contributed by atoms with Gasteiger partial charge in [0.25, 0.3) is 0 Å². The van der Waals surface area contributed by atoms with E-state index in [4.69, 9.17) is 11.5 Å². The molecule has 2 rings (SSSR count). The van der Waals surface area contributed by atoms with Crippen LogP contribution in [0, 0.1) is 0 Å². The summed E-state index contributed by atoms with van der Waals surface area (Å²) in [4.78, 5) is 8.00. The normalized spacial score (nSPS) is 10.2. The summed E-state index contributed by atoms with van der Waals surface area (Å²) >= 11 is 3.35. The van der Waals surface area contributed by atoms with Crippen LogP contribution in [0.4, 0.5) is 11.8 Å². The topological polar surface area (TPSA) is 77.8 Å². The smallest absolute Gasteiger partial charge is 0.222 e. The zero-order valence-electron chi connectivity index (χ0n) is 7.81. The van der Waals surface area contributed by atoms with E-state index in [0.717, 1.165) is 5.56 Å². The Balaban J connectivity index is 2.63. The minimum atomic E-state index is 0.176. The zero-order valence-corrected chi connectivity index (χ0v) is 9.40. The molecule has 0 saturated carbocycles. The van der Waals surface area contributed by atoms with Crippen molar-refractivity contribution in [1.82, 2.24) is 9.97 Å². The molecule has 1 aromatic heterocycles. The minimum absolute atomic E-state index is 0.176. The van der Waals surface area contributed by atoms with Crippen LogP contribution in [-0.2, 0) is 0 Å². The fourth-order valence-corrected chi connectivity index (χ4v) is 1.68. The highest BCUT2D eigenvalue weighted by molar-refractivity contribution is 9.10. The first-order valence-electron chi connectivity index (χ1n) is 4.32. The molecule has 0 saturated heterocycles. The van der Waals surface area contributed by atoms with Gasteiger partial charge in [0, 0.05) is 5.56 Å². The van der Waals surface area contributed by atoms with E-state index in [1.165, 1.54) is 0 Å².